The summed E-state index contributed by atoms with van der Waals surface area (Å²) in [5, 5.41) is 0. The van der Waals surface area contributed by atoms with E-state index in [0.29, 0.717) is 12.8 Å². The Morgan fingerprint density at radius 1 is 1.40 bits per heavy atom. The van der Waals surface area contributed by atoms with Crippen LogP contribution in [0.4, 0.5) is 13.2 Å². The molecule has 6 heteroatoms. The van der Waals surface area contributed by atoms with Crippen LogP contribution in [0, 0.1) is 11.3 Å². The van der Waals surface area contributed by atoms with Crippen LogP contribution in [0.25, 0.3) is 0 Å². The lowest BCUT2D eigenvalue weighted by atomic mass is 9.83. The number of hydrogen-bond donors (Lipinski definition) is 1. The Morgan fingerprint density at radius 3 is 2.40 bits per heavy atom. The van der Waals surface area contributed by atoms with E-state index in [-0.39, 0.29) is 18.0 Å². The van der Waals surface area contributed by atoms with Gasteiger partial charge in [0.2, 0.25) is 5.91 Å². The fourth-order valence-electron chi connectivity index (χ4n) is 3.21. The molecule has 2 aliphatic carbocycles. The van der Waals surface area contributed by atoms with E-state index >= 15 is 0 Å². The quantitative estimate of drug-likeness (QED) is 0.866. The first-order valence-electron chi connectivity index (χ1n) is 7.28. The molecule has 2 rings (SSSR count). The Bertz CT molecular complexity index is 381. The maximum absolute atomic E-state index is 12.8. The lowest BCUT2D eigenvalue weighted by molar-refractivity contribution is -0.172. The third-order valence-corrected chi connectivity index (χ3v) is 4.92. The number of nitrogens with two attached hydrogens (primary N) is 1. The van der Waals surface area contributed by atoms with Gasteiger partial charge in [-0.05, 0) is 45.4 Å². The van der Waals surface area contributed by atoms with E-state index in [1.165, 1.54) is 0 Å². The number of alkyl halides is 3. The van der Waals surface area contributed by atoms with Gasteiger partial charge in [0.25, 0.3) is 0 Å². The van der Waals surface area contributed by atoms with Crippen molar-refractivity contribution < 1.29 is 18.0 Å². The standard InChI is InChI=1S/C14H23F3N2O/c1-9(10-5-6-10)19(8-14(15,16)17)12(20)13(2)7-3-4-11(13)18/h9-11H,3-8,18H2,1-2H3. The molecular formula is C14H23F3N2O. The van der Waals surface area contributed by atoms with Crippen LogP contribution in [0.5, 0.6) is 0 Å². The SMILES string of the molecule is CC(C1CC1)N(CC(F)(F)F)C(=O)C1(C)CCCC1N. The van der Waals surface area contributed by atoms with Crippen molar-refractivity contribution in [3.05, 3.63) is 0 Å². The smallest absolute Gasteiger partial charge is 0.330 e. The van der Waals surface area contributed by atoms with E-state index in [1.54, 1.807) is 13.8 Å². The summed E-state index contributed by atoms with van der Waals surface area (Å²) in [7, 11) is 0. The highest BCUT2D eigenvalue weighted by molar-refractivity contribution is 5.84. The van der Waals surface area contributed by atoms with Gasteiger partial charge in [0.05, 0.1) is 5.41 Å². The van der Waals surface area contributed by atoms with Gasteiger partial charge in [0.15, 0.2) is 0 Å². The van der Waals surface area contributed by atoms with Crippen LogP contribution in [-0.2, 0) is 4.79 Å². The first-order valence-corrected chi connectivity index (χ1v) is 7.28. The average molecular weight is 292 g/mol. The monoisotopic (exact) mass is 292 g/mol. The highest BCUT2D eigenvalue weighted by atomic mass is 19.4. The van der Waals surface area contributed by atoms with Crippen molar-refractivity contribution in [1.82, 2.24) is 4.90 Å². The van der Waals surface area contributed by atoms with E-state index < -0.39 is 24.0 Å². The molecule has 1 amide bonds. The first-order chi connectivity index (χ1) is 9.15. The highest BCUT2D eigenvalue weighted by Crippen LogP contribution is 2.42. The molecule has 2 fully saturated rings. The van der Waals surface area contributed by atoms with Crippen molar-refractivity contribution >= 4 is 5.91 Å². The molecule has 0 aromatic carbocycles. The topological polar surface area (TPSA) is 46.3 Å². The summed E-state index contributed by atoms with van der Waals surface area (Å²) in [6.07, 6.45) is -0.450. The van der Waals surface area contributed by atoms with Crippen LogP contribution in [-0.4, -0.2) is 35.6 Å². The number of hydrogen-bond acceptors (Lipinski definition) is 2. The van der Waals surface area contributed by atoms with Crippen molar-refractivity contribution in [3.8, 4) is 0 Å². The molecule has 116 valence electrons. The second-order valence-electron chi connectivity index (χ2n) is 6.54. The maximum atomic E-state index is 12.8. The summed E-state index contributed by atoms with van der Waals surface area (Å²) in [6.45, 7) is 2.28. The van der Waals surface area contributed by atoms with Crippen molar-refractivity contribution in [2.24, 2.45) is 17.1 Å². The predicted octanol–water partition coefficient (Wildman–Crippen LogP) is 2.69. The molecular weight excluding hydrogens is 269 g/mol. The highest BCUT2D eigenvalue weighted by Gasteiger charge is 2.49. The summed E-state index contributed by atoms with van der Waals surface area (Å²) < 4.78 is 38.4. The van der Waals surface area contributed by atoms with Crippen molar-refractivity contribution in [2.75, 3.05) is 6.54 Å². The average Bonchev–Trinajstić information content (AvgIpc) is 3.12. The minimum absolute atomic E-state index is 0.211. The van der Waals surface area contributed by atoms with Gasteiger partial charge in [-0.25, -0.2) is 0 Å². The Labute approximate surface area is 117 Å². The third kappa shape index (κ3) is 3.10. The van der Waals surface area contributed by atoms with Crippen LogP contribution in [0.15, 0.2) is 0 Å². The second-order valence-corrected chi connectivity index (χ2v) is 6.54. The fraction of sp³-hybridized carbons (Fsp3) is 0.929. The van der Waals surface area contributed by atoms with Crippen molar-refractivity contribution in [1.29, 1.82) is 0 Å². The molecule has 0 radical (unpaired) electrons. The van der Waals surface area contributed by atoms with Gasteiger partial charge in [0, 0.05) is 12.1 Å². The van der Waals surface area contributed by atoms with Gasteiger partial charge in [0.1, 0.15) is 6.54 Å². The molecule has 0 spiro atoms. The zero-order valence-electron chi connectivity index (χ0n) is 12.0. The zero-order valence-corrected chi connectivity index (χ0v) is 12.0. The van der Waals surface area contributed by atoms with Crippen LogP contribution < -0.4 is 5.73 Å². The Morgan fingerprint density at radius 2 is 2.00 bits per heavy atom. The number of rotatable bonds is 4. The van der Waals surface area contributed by atoms with Crippen LogP contribution in [0.3, 0.4) is 0 Å². The van der Waals surface area contributed by atoms with E-state index in [9.17, 15) is 18.0 Å². The van der Waals surface area contributed by atoms with E-state index in [1.807, 2.05) is 0 Å². The van der Waals surface area contributed by atoms with E-state index in [2.05, 4.69) is 0 Å². The molecule has 0 aromatic heterocycles. The van der Waals surface area contributed by atoms with E-state index in [4.69, 9.17) is 5.73 Å². The molecule has 3 unspecified atom stereocenters. The Hall–Kier alpha value is -0.780. The Kier molecular flexibility index (Phi) is 4.06. The minimum Gasteiger partial charge on any atom is -0.330 e. The second kappa shape index (κ2) is 5.20. The number of amides is 1. The summed E-state index contributed by atoms with van der Waals surface area (Å²) in [4.78, 5) is 13.7. The summed E-state index contributed by atoms with van der Waals surface area (Å²) in [5.74, 6) is -0.207. The molecule has 2 aliphatic rings. The lowest BCUT2D eigenvalue weighted by Gasteiger charge is -2.38. The maximum Gasteiger partial charge on any atom is 0.406 e. The largest absolute Gasteiger partial charge is 0.406 e. The number of carbonyl (C=O) groups excluding carboxylic acids is 1. The van der Waals surface area contributed by atoms with Gasteiger partial charge in [-0.15, -0.1) is 0 Å². The summed E-state index contributed by atoms with van der Waals surface area (Å²) in [6, 6.07) is -0.689. The first kappa shape index (κ1) is 15.6. The molecule has 20 heavy (non-hydrogen) atoms. The predicted molar refractivity (Wildman–Crippen MR) is 69.9 cm³/mol. The molecule has 0 bridgehead atoms. The molecule has 0 aliphatic heterocycles. The van der Waals surface area contributed by atoms with Crippen LogP contribution >= 0.6 is 0 Å². The van der Waals surface area contributed by atoms with Crippen LogP contribution in [0.1, 0.15) is 46.0 Å². The molecule has 3 nitrogen and oxygen atoms in total. The summed E-state index contributed by atoms with van der Waals surface area (Å²) in [5.41, 5.74) is 5.14. The molecule has 3 atom stereocenters. The van der Waals surface area contributed by atoms with Gasteiger partial charge >= 0.3 is 6.18 Å². The third-order valence-electron chi connectivity index (χ3n) is 4.92. The normalized spacial score (nSPS) is 32.2. The van der Waals surface area contributed by atoms with E-state index in [0.717, 1.165) is 24.2 Å². The molecule has 0 saturated heterocycles. The molecule has 2 N–H and O–H groups in total. The van der Waals surface area contributed by atoms with Crippen LogP contribution in [0.2, 0.25) is 0 Å². The number of nitrogens with zero attached hydrogens (tertiary/aromatic N) is 1. The molecule has 0 heterocycles. The van der Waals surface area contributed by atoms with Crippen molar-refractivity contribution in [2.45, 2.75) is 64.2 Å². The lowest BCUT2D eigenvalue weighted by Crippen LogP contribution is -2.54. The van der Waals surface area contributed by atoms with Gasteiger partial charge in [-0.1, -0.05) is 6.42 Å². The minimum atomic E-state index is -4.36. The zero-order chi connectivity index (χ0) is 15.1. The molecule has 0 aromatic rings. The fourth-order valence-corrected chi connectivity index (χ4v) is 3.21. The number of halogens is 3. The van der Waals surface area contributed by atoms with Crippen molar-refractivity contribution in [3.63, 3.8) is 0 Å². The Balaban J connectivity index is 2.18. The van der Waals surface area contributed by atoms with Gasteiger partial charge in [-0.3, -0.25) is 4.79 Å². The summed E-state index contributed by atoms with van der Waals surface area (Å²) >= 11 is 0. The van der Waals surface area contributed by atoms with Gasteiger partial charge < -0.3 is 10.6 Å². The molecule has 2 saturated carbocycles. The number of carbonyl (C=O) groups is 1. The van der Waals surface area contributed by atoms with Gasteiger partial charge in [-0.2, -0.15) is 13.2 Å².